The number of ether oxygens (including phenoxy) is 1. The minimum atomic E-state index is -4.46. The molecule has 3 aromatic carbocycles. The van der Waals surface area contributed by atoms with Crippen molar-refractivity contribution in [3.8, 4) is 11.5 Å². The van der Waals surface area contributed by atoms with Gasteiger partial charge in [-0.15, -0.1) is 0 Å². The summed E-state index contributed by atoms with van der Waals surface area (Å²) in [5, 5.41) is 14.8. The van der Waals surface area contributed by atoms with Gasteiger partial charge >= 0.3 is 10.1 Å². The van der Waals surface area contributed by atoms with E-state index in [1.165, 1.54) is 36.5 Å². The van der Waals surface area contributed by atoms with Gasteiger partial charge in [-0.3, -0.25) is 10.1 Å². The van der Waals surface area contributed by atoms with Crippen molar-refractivity contribution in [2.24, 2.45) is 5.10 Å². The lowest BCUT2D eigenvalue weighted by atomic mass is 10.2. The Morgan fingerprint density at radius 2 is 1.75 bits per heavy atom. The molecule has 1 N–H and O–H groups in total. The maximum Gasteiger partial charge on any atom is 0.339 e. The zero-order valence-corrected chi connectivity index (χ0v) is 22.1. The molecule has 0 aliphatic heterocycles. The molecule has 14 heteroatoms. The molecule has 0 bridgehead atoms. The molecule has 0 saturated heterocycles. The topological polar surface area (TPSA) is 154 Å². The third kappa shape index (κ3) is 6.59. The van der Waals surface area contributed by atoms with E-state index in [4.69, 9.17) is 8.92 Å². The molecule has 11 nitrogen and oxygen atoms in total. The lowest BCUT2D eigenvalue weighted by Crippen LogP contribution is -2.18. The number of nitro benzene ring substituents is 1. The molecule has 0 fully saturated rings. The van der Waals surface area contributed by atoms with E-state index < -0.39 is 35.6 Å². The summed E-state index contributed by atoms with van der Waals surface area (Å²) >= 11 is 3.23. The van der Waals surface area contributed by atoms with Gasteiger partial charge in [-0.1, -0.05) is 23.8 Å². The van der Waals surface area contributed by atoms with E-state index in [0.29, 0.717) is 5.56 Å². The molecule has 0 radical (unpaired) electrons. The van der Waals surface area contributed by atoms with Crippen LogP contribution in [0.25, 0.3) is 0 Å². The van der Waals surface area contributed by atoms with Gasteiger partial charge in [-0.25, -0.2) is 4.83 Å². The predicted molar refractivity (Wildman–Crippen MR) is 135 cm³/mol. The summed E-state index contributed by atoms with van der Waals surface area (Å²) in [5.74, 6) is -0.176. The number of hydrogen-bond acceptors (Lipinski definition) is 9. The maximum absolute atomic E-state index is 12.8. The van der Waals surface area contributed by atoms with Crippen LogP contribution in [0.1, 0.15) is 18.1 Å². The molecule has 0 amide bonds. The minimum Gasteiger partial charge on any atom is -0.490 e. The number of nitrogens with one attached hydrogen (secondary N) is 1. The fourth-order valence-corrected chi connectivity index (χ4v) is 5.29. The quantitative estimate of drug-likeness (QED) is 0.158. The van der Waals surface area contributed by atoms with Crippen LogP contribution in [0.5, 0.6) is 11.5 Å². The molecule has 190 valence electrons. The summed E-state index contributed by atoms with van der Waals surface area (Å²) in [4.78, 5) is 12.0. The lowest BCUT2D eigenvalue weighted by molar-refractivity contribution is -0.385. The number of nitrogens with zero attached hydrogens (tertiary/aromatic N) is 2. The van der Waals surface area contributed by atoms with E-state index in [1.54, 1.807) is 19.1 Å². The monoisotopic (exact) mass is 597 g/mol. The van der Waals surface area contributed by atoms with E-state index in [2.05, 4.69) is 25.9 Å². The van der Waals surface area contributed by atoms with Gasteiger partial charge in [0.05, 0.1) is 27.1 Å². The third-order valence-corrected chi connectivity index (χ3v) is 7.60. The predicted octanol–water partition coefficient (Wildman–Crippen LogP) is 4.14. The summed E-state index contributed by atoms with van der Waals surface area (Å²) < 4.78 is 61.3. The van der Waals surface area contributed by atoms with Crippen LogP contribution in [-0.2, 0) is 20.1 Å². The Kier molecular flexibility index (Phi) is 8.32. The van der Waals surface area contributed by atoms with Crippen LogP contribution in [0.3, 0.4) is 0 Å². The molecular weight excluding hydrogens is 578 g/mol. The zero-order chi connectivity index (χ0) is 26.5. The van der Waals surface area contributed by atoms with Crippen molar-refractivity contribution in [2.75, 3.05) is 6.61 Å². The van der Waals surface area contributed by atoms with Crippen molar-refractivity contribution >= 4 is 48.0 Å². The number of hydrazone groups is 1. The summed E-state index contributed by atoms with van der Waals surface area (Å²) in [7, 11) is -8.35. The van der Waals surface area contributed by atoms with E-state index in [9.17, 15) is 26.9 Å². The van der Waals surface area contributed by atoms with Gasteiger partial charge < -0.3 is 8.92 Å². The lowest BCUT2D eigenvalue weighted by Gasteiger charge is -2.14. The Hall–Kier alpha value is -3.49. The Morgan fingerprint density at radius 1 is 1.06 bits per heavy atom. The highest BCUT2D eigenvalue weighted by Crippen LogP contribution is 2.38. The molecule has 3 rings (SSSR count). The summed E-state index contributed by atoms with van der Waals surface area (Å²) in [6.07, 6.45) is 1.21. The molecule has 0 aliphatic rings. The van der Waals surface area contributed by atoms with Gasteiger partial charge in [0.1, 0.15) is 4.90 Å². The fraction of sp³-hybridized carbons (Fsp3) is 0.136. The maximum atomic E-state index is 12.8. The van der Waals surface area contributed by atoms with Crippen LogP contribution in [-0.4, -0.2) is 34.6 Å². The van der Waals surface area contributed by atoms with Gasteiger partial charge in [0.2, 0.25) is 0 Å². The molecule has 0 aliphatic carbocycles. The molecule has 0 saturated carbocycles. The van der Waals surface area contributed by atoms with Gasteiger partial charge in [0.15, 0.2) is 11.5 Å². The first-order valence-electron chi connectivity index (χ1n) is 10.2. The average molecular weight is 598 g/mol. The standard InChI is InChI=1S/C22H20BrN3O8S2/c1-3-33-21-12-16(14-24-25-35(29,30)18-9-7-15(2)8-10-18)11-20(23)22(21)34-36(31,32)19-6-4-5-17(13-19)26(27)28/h4-14,25H,3H2,1-2H3/b24-14-. The number of non-ortho nitro benzene ring substituents is 1. The number of benzene rings is 3. The summed E-state index contributed by atoms with van der Waals surface area (Å²) in [5.41, 5.74) is 0.848. The molecular formula is C22H20BrN3O8S2. The highest BCUT2D eigenvalue weighted by atomic mass is 79.9. The van der Waals surface area contributed by atoms with Crippen LogP contribution < -0.4 is 13.8 Å². The van der Waals surface area contributed by atoms with Crippen molar-refractivity contribution in [3.63, 3.8) is 0 Å². The SMILES string of the molecule is CCOc1cc(/C=N\NS(=O)(=O)c2ccc(C)cc2)cc(Br)c1OS(=O)(=O)c1cccc([N+](=O)[O-])c1. The van der Waals surface area contributed by atoms with Crippen molar-refractivity contribution in [2.45, 2.75) is 23.6 Å². The summed E-state index contributed by atoms with van der Waals surface area (Å²) in [6.45, 7) is 3.65. The Balaban J connectivity index is 1.88. The second-order valence-corrected chi connectivity index (χ2v) is 11.3. The number of rotatable bonds is 10. The van der Waals surface area contributed by atoms with Crippen LogP contribution in [0.15, 0.2) is 80.0 Å². The Morgan fingerprint density at radius 3 is 2.39 bits per heavy atom. The van der Waals surface area contributed by atoms with Crippen molar-refractivity contribution in [1.82, 2.24) is 4.83 Å². The minimum absolute atomic E-state index is 0.0173. The van der Waals surface area contributed by atoms with E-state index in [-0.39, 0.29) is 27.5 Å². The molecule has 36 heavy (non-hydrogen) atoms. The fourth-order valence-electron chi connectivity index (χ4n) is 2.86. The van der Waals surface area contributed by atoms with Crippen LogP contribution >= 0.6 is 15.9 Å². The van der Waals surface area contributed by atoms with E-state index >= 15 is 0 Å². The average Bonchev–Trinajstić information content (AvgIpc) is 2.82. The highest BCUT2D eigenvalue weighted by Gasteiger charge is 2.24. The number of nitro groups is 1. The van der Waals surface area contributed by atoms with Gasteiger partial charge in [0, 0.05) is 12.1 Å². The first kappa shape index (κ1) is 27.1. The molecule has 0 aromatic heterocycles. The number of aryl methyl sites for hydroxylation is 1. The first-order chi connectivity index (χ1) is 16.9. The number of hydrogen-bond donors (Lipinski definition) is 1. The second-order valence-electron chi connectivity index (χ2n) is 7.22. The van der Waals surface area contributed by atoms with Crippen LogP contribution in [0.4, 0.5) is 5.69 Å². The zero-order valence-electron chi connectivity index (χ0n) is 18.9. The van der Waals surface area contributed by atoms with Gasteiger partial charge in [-0.05, 0) is 65.7 Å². The van der Waals surface area contributed by atoms with Crippen molar-refractivity contribution in [1.29, 1.82) is 0 Å². The summed E-state index contributed by atoms with van der Waals surface area (Å²) in [6, 6.07) is 13.5. The van der Waals surface area contributed by atoms with E-state index in [0.717, 1.165) is 23.8 Å². The normalized spacial score (nSPS) is 11.9. The van der Waals surface area contributed by atoms with Crippen molar-refractivity contribution in [3.05, 3.63) is 86.4 Å². The van der Waals surface area contributed by atoms with Crippen molar-refractivity contribution < 1.29 is 30.7 Å². The molecule has 0 heterocycles. The Bertz CT molecular complexity index is 1520. The molecule has 0 unspecified atom stereocenters. The third-order valence-electron chi connectivity index (χ3n) is 4.56. The molecule has 0 spiro atoms. The Labute approximate surface area is 216 Å². The van der Waals surface area contributed by atoms with E-state index in [1.807, 2.05) is 6.92 Å². The van der Waals surface area contributed by atoms with Crippen LogP contribution in [0.2, 0.25) is 0 Å². The van der Waals surface area contributed by atoms with Crippen LogP contribution in [0, 0.1) is 17.0 Å². The largest absolute Gasteiger partial charge is 0.490 e. The first-order valence-corrected chi connectivity index (χ1v) is 13.9. The number of sulfonamides is 1. The van der Waals surface area contributed by atoms with Gasteiger partial charge in [0.25, 0.3) is 15.7 Å². The second kappa shape index (κ2) is 11.1. The smallest absolute Gasteiger partial charge is 0.339 e. The van der Waals surface area contributed by atoms with Gasteiger partial charge in [-0.2, -0.15) is 21.9 Å². The number of halogens is 1. The highest BCUT2D eigenvalue weighted by molar-refractivity contribution is 9.10. The molecule has 3 aromatic rings. The molecule has 0 atom stereocenters.